The highest BCUT2D eigenvalue weighted by atomic mass is 19.3. The molecule has 0 saturated carbocycles. The number of methoxy groups -OCH3 is 2. The molecular formula is C20H19F2NO7. The van der Waals surface area contributed by atoms with Crippen LogP contribution in [0.5, 0.6) is 17.2 Å². The second-order valence-corrected chi connectivity index (χ2v) is 5.76. The van der Waals surface area contributed by atoms with Gasteiger partial charge in [-0.25, -0.2) is 0 Å². The molecule has 0 bridgehead atoms. The van der Waals surface area contributed by atoms with Gasteiger partial charge in [-0.2, -0.15) is 8.78 Å². The molecule has 0 amide bonds. The van der Waals surface area contributed by atoms with Gasteiger partial charge in [0.2, 0.25) is 0 Å². The van der Waals surface area contributed by atoms with Crippen molar-refractivity contribution in [2.75, 3.05) is 27.4 Å². The summed E-state index contributed by atoms with van der Waals surface area (Å²) in [6, 6.07) is 8.28. The number of nitro benzene ring substituents is 1. The molecule has 0 aliphatic heterocycles. The van der Waals surface area contributed by atoms with E-state index in [0.29, 0.717) is 24.5 Å². The lowest BCUT2D eigenvalue weighted by atomic mass is 10.1. The van der Waals surface area contributed by atoms with E-state index in [4.69, 9.17) is 14.2 Å². The SMILES string of the molecule is COCCOc1ccc(C(=O)/C=C\c2cc(OC)c(OC(F)F)cc2[N+](=O)[O-])cc1. The molecule has 0 aliphatic carbocycles. The maximum absolute atomic E-state index is 12.5. The summed E-state index contributed by atoms with van der Waals surface area (Å²) in [5.41, 5.74) is -0.193. The van der Waals surface area contributed by atoms with Crippen LogP contribution < -0.4 is 14.2 Å². The normalized spacial score (nSPS) is 11.0. The van der Waals surface area contributed by atoms with Crippen molar-refractivity contribution in [3.8, 4) is 17.2 Å². The van der Waals surface area contributed by atoms with Crippen molar-refractivity contribution >= 4 is 17.5 Å². The zero-order chi connectivity index (χ0) is 22.1. The van der Waals surface area contributed by atoms with Gasteiger partial charge in [-0.3, -0.25) is 14.9 Å². The first-order chi connectivity index (χ1) is 14.3. The van der Waals surface area contributed by atoms with E-state index in [1.807, 2.05) is 0 Å². The van der Waals surface area contributed by atoms with Crippen LogP contribution in [0, 0.1) is 10.1 Å². The molecule has 8 nitrogen and oxygen atoms in total. The Labute approximate surface area is 170 Å². The fourth-order valence-electron chi connectivity index (χ4n) is 2.42. The van der Waals surface area contributed by atoms with Gasteiger partial charge in [-0.1, -0.05) is 0 Å². The summed E-state index contributed by atoms with van der Waals surface area (Å²) in [5.74, 6) is -0.473. The molecule has 0 N–H and O–H groups in total. The fourth-order valence-corrected chi connectivity index (χ4v) is 2.42. The van der Waals surface area contributed by atoms with Gasteiger partial charge in [-0.05, 0) is 42.5 Å². The average molecular weight is 423 g/mol. The van der Waals surface area contributed by atoms with Gasteiger partial charge in [0.05, 0.1) is 30.3 Å². The molecule has 0 aliphatic rings. The number of hydrogen-bond donors (Lipinski definition) is 0. The predicted octanol–water partition coefficient (Wildman–Crippen LogP) is 4.13. The van der Waals surface area contributed by atoms with Gasteiger partial charge >= 0.3 is 6.61 Å². The molecule has 0 atom stereocenters. The smallest absolute Gasteiger partial charge is 0.387 e. The van der Waals surface area contributed by atoms with Gasteiger partial charge in [0, 0.05) is 12.7 Å². The highest BCUT2D eigenvalue weighted by molar-refractivity contribution is 6.07. The Balaban J connectivity index is 2.23. The van der Waals surface area contributed by atoms with Crippen molar-refractivity contribution in [2.24, 2.45) is 0 Å². The van der Waals surface area contributed by atoms with E-state index in [9.17, 15) is 23.7 Å². The monoisotopic (exact) mass is 423 g/mol. The Kier molecular flexibility index (Phi) is 8.24. The average Bonchev–Trinajstić information content (AvgIpc) is 2.72. The third-order valence-corrected chi connectivity index (χ3v) is 3.83. The number of ketones is 1. The van der Waals surface area contributed by atoms with Gasteiger partial charge in [-0.15, -0.1) is 0 Å². The number of rotatable bonds is 11. The van der Waals surface area contributed by atoms with Crippen molar-refractivity contribution < 1.29 is 37.4 Å². The van der Waals surface area contributed by atoms with Crippen LogP contribution in [-0.2, 0) is 4.74 Å². The lowest BCUT2D eigenvalue weighted by Gasteiger charge is -2.10. The van der Waals surface area contributed by atoms with E-state index in [0.717, 1.165) is 18.2 Å². The first kappa shape index (κ1) is 22.8. The number of nitro groups is 1. The number of allylic oxidation sites excluding steroid dienone is 1. The minimum Gasteiger partial charge on any atom is -0.493 e. The van der Waals surface area contributed by atoms with Gasteiger partial charge in [0.25, 0.3) is 5.69 Å². The van der Waals surface area contributed by atoms with Crippen LogP contribution in [0.15, 0.2) is 42.5 Å². The molecule has 160 valence electrons. The third kappa shape index (κ3) is 6.24. The van der Waals surface area contributed by atoms with Crippen LogP contribution in [0.1, 0.15) is 15.9 Å². The summed E-state index contributed by atoms with van der Waals surface area (Å²) in [7, 11) is 2.76. The molecule has 0 aromatic heterocycles. The molecule has 2 aromatic carbocycles. The highest BCUT2D eigenvalue weighted by Gasteiger charge is 2.20. The van der Waals surface area contributed by atoms with E-state index in [2.05, 4.69) is 4.74 Å². The molecule has 0 radical (unpaired) electrons. The van der Waals surface area contributed by atoms with Crippen LogP contribution in [0.3, 0.4) is 0 Å². The maximum Gasteiger partial charge on any atom is 0.387 e. The molecule has 0 spiro atoms. The summed E-state index contributed by atoms with van der Waals surface area (Å²) in [6.07, 6.45) is 2.34. The number of hydrogen-bond acceptors (Lipinski definition) is 7. The van der Waals surface area contributed by atoms with Crippen LogP contribution in [0.2, 0.25) is 0 Å². The van der Waals surface area contributed by atoms with Crippen LogP contribution in [-0.4, -0.2) is 44.8 Å². The number of alkyl halides is 2. The Morgan fingerprint density at radius 3 is 2.40 bits per heavy atom. The standard InChI is InChI=1S/C20H19F2NO7/c1-27-9-10-29-15-6-3-13(4-7-15)17(24)8-5-14-11-18(28-2)19(30-20(21)22)12-16(14)23(25)26/h3-8,11-12,20H,9-10H2,1-2H3/b8-5-. The number of carbonyl (C=O) groups excluding carboxylic acids is 1. The lowest BCUT2D eigenvalue weighted by molar-refractivity contribution is -0.385. The summed E-state index contributed by atoms with van der Waals surface area (Å²) in [4.78, 5) is 22.9. The van der Waals surface area contributed by atoms with Crippen LogP contribution >= 0.6 is 0 Å². The van der Waals surface area contributed by atoms with Crippen molar-refractivity contribution in [1.29, 1.82) is 0 Å². The van der Waals surface area contributed by atoms with Gasteiger partial charge in [0.1, 0.15) is 12.4 Å². The van der Waals surface area contributed by atoms with Crippen molar-refractivity contribution in [2.45, 2.75) is 6.61 Å². The Morgan fingerprint density at radius 2 is 1.83 bits per heavy atom. The number of nitrogens with zero attached hydrogens (tertiary/aromatic N) is 1. The van der Waals surface area contributed by atoms with Crippen molar-refractivity contribution in [1.82, 2.24) is 0 Å². The van der Waals surface area contributed by atoms with Crippen molar-refractivity contribution in [3.63, 3.8) is 0 Å². The molecule has 30 heavy (non-hydrogen) atoms. The van der Waals surface area contributed by atoms with E-state index < -0.39 is 28.8 Å². The summed E-state index contributed by atoms with van der Waals surface area (Å²) >= 11 is 0. The Morgan fingerprint density at radius 1 is 1.13 bits per heavy atom. The Hall–Kier alpha value is -3.53. The van der Waals surface area contributed by atoms with E-state index in [-0.39, 0.29) is 11.3 Å². The third-order valence-electron chi connectivity index (χ3n) is 3.83. The number of benzene rings is 2. The Bertz CT molecular complexity index is 914. The summed E-state index contributed by atoms with van der Waals surface area (Å²) < 4.78 is 44.5. The highest BCUT2D eigenvalue weighted by Crippen LogP contribution is 2.36. The second kappa shape index (κ2) is 10.9. The topological polar surface area (TPSA) is 97.1 Å². The fraction of sp³-hybridized carbons (Fsp3) is 0.250. The quantitative estimate of drug-likeness (QED) is 0.176. The minimum absolute atomic E-state index is 0.00802. The molecule has 2 aromatic rings. The van der Waals surface area contributed by atoms with Gasteiger partial charge < -0.3 is 18.9 Å². The van der Waals surface area contributed by atoms with Crippen LogP contribution in [0.25, 0.3) is 6.08 Å². The molecule has 0 unspecified atom stereocenters. The van der Waals surface area contributed by atoms with Gasteiger partial charge in [0.15, 0.2) is 17.3 Å². The summed E-state index contributed by atoms with van der Waals surface area (Å²) in [5, 5.41) is 11.3. The first-order valence-corrected chi connectivity index (χ1v) is 8.61. The molecular weight excluding hydrogens is 404 g/mol. The van der Waals surface area contributed by atoms with E-state index >= 15 is 0 Å². The summed E-state index contributed by atoms with van der Waals surface area (Å²) in [6.45, 7) is -2.39. The number of ether oxygens (including phenoxy) is 4. The lowest BCUT2D eigenvalue weighted by Crippen LogP contribution is -2.05. The minimum atomic E-state index is -3.18. The molecule has 0 saturated heterocycles. The zero-order valence-corrected chi connectivity index (χ0v) is 16.2. The molecule has 2 rings (SSSR count). The largest absolute Gasteiger partial charge is 0.493 e. The zero-order valence-electron chi connectivity index (χ0n) is 16.2. The number of carbonyl (C=O) groups is 1. The van der Waals surface area contributed by atoms with Crippen molar-refractivity contribution in [3.05, 3.63) is 63.7 Å². The second-order valence-electron chi connectivity index (χ2n) is 5.76. The maximum atomic E-state index is 12.5. The molecule has 10 heteroatoms. The van der Waals surface area contributed by atoms with Crippen LogP contribution in [0.4, 0.5) is 14.5 Å². The first-order valence-electron chi connectivity index (χ1n) is 8.61. The number of halogens is 2. The van der Waals surface area contributed by atoms with E-state index in [1.54, 1.807) is 31.4 Å². The van der Waals surface area contributed by atoms with E-state index in [1.165, 1.54) is 13.2 Å². The molecule has 0 fully saturated rings. The molecule has 0 heterocycles. The predicted molar refractivity (Wildman–Crippen MR) is 103 cm³/mol.